The molecular weight excluding hydrogens is 608 g/mol. The fourth-order valence-corrected chi connectivity index (χ4v) is 7.45. The molecule has 1 aromatic rings. The largest absolute Gasteiger partial charge is 0.481 e. The summed E-state index contributed by atoms with van der Waals surface area (Å²) in [5, 5.41) is 14.8. The minimum atomic E-state index is -1.08. The van der Waals surface area contributed by atoms with Crippen LogP contribution in [0.1, 0.15) is 44.7 Å². The van der Waals surface area contributed by atoms with Crippen molar-refractivity contribution in [1.82, 2.24) is 10.3 Å². The first-order valence-electron chi connectivity index (χ1n) is 16.0. The molecule has 10 nitrogen and oxygen atoms in total. The Morgan fingerprint density at radius 3 is 2.38 bits per heavy atom. The topological polar surface area (TPSA) is 142 Å². The number of aromatic amines is 1. The molecule has 48 heavy (non-hydrogen) atoms. The molecule has 5 heterocycles. The third-order valence-electron chi connectivity index (χ3n) is 10.5. The minimum absolute atomic E-state index is 0.0193. The third kappa shape index (κ3) is 5.06. The quantitative estimate of drug-likeness (QED) is 0.397. The lowest BCUT2D eigenvalue weighted by Gasteiger charge is -2.37. The molecule has 248 valence electrons. The number of nitrogens with zero attached hydrogens (tertiary/aromatic N) is 2. The number of allylic oxidation sites excluding steroid dienone is 7. The van der Waals surface area contributed by atoms with Crippen LogP contribution in [0.2, 0.25) is 0 Å². The molecule has 3 N–H and O–H groups in total. The van der Waals surface area contributed by atoms with Gasteiger partial charge < -0.3 is 24.9 Å². The fraction of sp³-hybridized carbons (Fsp3) is 0.342. The summed E-state index contributed by atoms with van der Waals surface area (Å²) in [6.07, 6.45) is 13.7. The molecule has 1 aliphatic carbocycles. The molecule has 2 unspecified atom stereocenters. The molecule has 6 rings (SSSR count). The van der Waals surface area contributed by atoms with Gasteiger partial charge >= 0.3 is 17.9 Å². The number of hydrogen-bond acceptors (Lipinski definition) is 8. The molecule has 10 heteroatoms. The van der Waals surface area contributed by atoms with Crippen LogP contribution in [0.25, 0.3) is 12.2 Å². The van der Waals surface area contributed by atoms with Crippen LogP contribution in [0.4, 0.5) is 0 Å². The molecular formula is C38H40N4O6. The first kappa shape index (κ1) is 32.7. The minimum Gasteiger partial charge on any atom is -0.481 e. The van der Waals surface area contributed by atoms with Crippen LogP contribution >= 0.6 is 0 Å². The van der Waals surface area contributed by atoms with Crippen molar-refractivity contribution < 1.29 is 29.0 Å². The van der Waals surface area contributed by atoms with Crippen LogP contribution in [-0.4, -0.2) is 59.7 Å². The number of esters is 2. The fourth-order valence-electron chi connectivity index (χ4n) is 7.45. The van der Waals surface area contributed by atoms with E-state index in [4.69, 9.17) is 19.5 Å². The van der Waals surface area contributed by atoms with Gasteiger partial charge in [0.2, 0.25) is 0 Å². The Balaban J connectivity index is 1.67. The van der Waals surface area contributed by atoms with Crippen molar-refractivity contribution >= 4 is 41.5 Å². The number of aliphatic imine (C=N–C) groups is 2. The number of ether oxygens (including phenoxy) is 2. The van der Waals surface area contributed by atoms with E-state index in [1.54, 1.807) is 12.2 Å². The molecule has 0 amide bonds. The van der Waals surface area contributed by atoms with Gasteiger partial charge in [-0.05, 0) is 86.3 Å². The number of carbonyl (C=O) groups is 3. The van der Waals surface area contributed by atoms with Crippen LogP contribution < -0.4 is 16.0 Å². The van der Waals surface area contributed by atoms with Crippen LogP contribution in [0.3, 0.4) is 0 Å². The van der Waals surface area contributed by atoms with Crippen LogP contribution in [0.5, 0.6) is 0 Å². The van der Waals surface area contributed by atoms with E-state index >= 15 is 0 Å². The second kappa shape index (κ2) is 12.1. The summed E-state index contributed by atoms with van der Waals surface area (Å²) < 4.78 is 10.4. The van der Waals surface area contributed by atoms with Gasteiger partial charge in [0.25, 0.3) is 0 Å². The first-order valence-corrected chi connectivity index (χ1v) is 16.0. The maximum absolute atomic E-state index is 13.6. The summed E-state index contributed by atoms with van der Waals surface area (Å²) in [6.45, 7) is 14.1. The lowest BCUT2D eigenvalue weighted by Crippen LogP contribution is -2.44. The number of fused-ring (bicyclic) bond motifs is 9. The number of methoxy groups -OCH3 is 2. The number of carboxylic acids is 1. The summed E-state index contributed by atoms with van der Waals surface area (Å²) in [7, 11) is 2.59. The summed E-state index contributed by atoms with van der Waals surface area (Å²) in [5.41, 5.74) is 8.23. The van der Waals surface area contributed by atoms with Gasteiger partial charge in [-0.15, -0.1) is 0 Å². The summed E-state index contributed by atoms with van der Waals surface area (Å²) in [4.78, 5) is 51.9. The van der Waals surface area contributed by atoms with Crippen molar-refractivity contribution in [2.24, 2.45) is 27.2 Å². The molecule has 4 aliphatic heterocycles. The van der Waals surface area contributed by atoms with Crippen molar-refractivity contribution in [3.8, 4) is 0 Å². The third-order valence-corrected chi connectivity index (χ3v) is 10.5. The average molecular weight is 649 g/mol. The van der Waals surface area contributed by atoms with Crippen molar-refractivity contribution in [3.63, 3.8) is 0 Å². The maximum atomic E-state index is 13.6. The van der Waals surface area contributed by atoms with Gasteiger partial charge in [0.1, 0.15) is 5.92 Å². The molecule has 0 radical (unpaired) electrons. The number of carbonyl (C=O) groups excluding carboxylic acids is 2. The Morgan fingerprint density at radius 2 is 1.73 bits per heavy atom. The molecule has 8 bridgehead atoms. The van der Waals surface area contributed by atoms with Crippen LogP contribution in [-0.2, 0) is 23.9 Å². The second-order valence-electron chi connectivity index (χ2n) is 13.0. The lowest BCUT2D eigenvalue weighted by atomic mass is 9.63. The molecule has 0 saturated carbocycles. The number of H-pyrrole nitrogens is 1. The maximum Gasteiger partial charge on any atom is 0.334 e. The van der Waals surface area contributed by atoms with E-state index in [1.165, 1.54) is 14.2 Å². The molecule has 0 spiro atoms. The van der Waals surface area contributed by atoms with E-state index in [2.05, 4.69) is 29.9 Å². The number of aliphatic carboxylic acids is 1. The van der Waals surface area contributed by atoms with E-state index < -0.39 is 29.2 Å². The normalized spacial score (nSPS) is 28.6. The SMILES string of the molecule is C=CC1=C(C)C2=NC/1=C\C1NC(=C(CCC(=O)O)C1C)/C=c1\[nH]c(c(C)c1C)=CC1=N/C(=C\2)C2=CC=C(C(=O)OC)[C@@H](C(=O)OC)[C@]21C. The number of carboxylic acid groups (broad SMARTS) is 1. The Kier molecular flexibility index (Phi) is 8.23. The summed E-state index contributed by atoms with van der Waals surface area (Å²) >= 11 is 0. The van der Waals surface area contributed by atoms with Crippen molar-refractivity contribution in [3.05, 3.63) is 104 Å². The Labute approximate surface area is 279 Å². The van der Waals surface area contributed by atoms with Crippen LogP contribution in [0.15, 0.2) is 91.9 Å². The monoisotopic (exact) mass is 648 g/mol. The first-order chi connectivity index (χ1) is 22.8. The number of rotatable bonds is 6. The Morgan fingerprint density at radius 1 is 1.02 bits per heavy atom. The van der Waals surface area contributed by atoms with E-state index in [-0.39, 0.29) is 24.0 Å². The summed E-state index contributed by atoms with van der Waals surface area (Å²) in [5.74, 6) is -3.05. The van der Waals surface area contributed by atoms with Gasteiger partial charge in [-0.1, -0.05) is 31.7 Å². The zero-order valence-electron chi connectivity index (χ0n) is 28.3. The van der Waals surface area contributed by atoms with Gasteiger partial charge in [-0.2, -0.15) is 0 Å². The molecule has 4 atom stereocenters. The van der Waals surface area contributed by atoms with E-state index in [0.29, 0.717) is 23.5 Å². The zero-order valence-corrected chi connectivity index (χ0v) is 28.3. The lowest BCUT2D eigenvalue weighted by molar-refractivity contribution is -0.149. The highest BCUT2D eigenvalue weighted by Gasteiger charge is 2.55. The standard InChI is InChI=1S/C38H40N4O6/c1-9-22-20(4)28-16-32-25-12-10-24(36(45)47-7)35(37(46)48-8)38(25,6)33(42-32)17-29-19(3)18(2)26(39-29)14-31-23(11-13-34(43)44)21(5)27(41-31)15-30(22)40-28/h9-10,12,14-17,21,27,35,39,41H,1,11,13H2,2-8H3,(H,43,44)/b26-14-,29-17?,30-15-,32-16-/t21?,27?,35-,38+/m0/s1. The van der Waals surface area contributed by atoms with Gasteiger partial charge in [-0.25, -0.2) is 9.79 Å². The highest BCUT2D eigenvalue weighted by molar-refractivity contribution is 6.22. The smallest absolute Gasteiger partial charge is 0.334 e. The van der Waals surface area contributed by atoms with Crippen LogP contribution in [0, 0.1) is 31.1 Å². The number of hydrogen-bond donors (Lipinski definition) is 3. The van der Waals surface area contributed by atoms with Gasteiger partial charge in [0.05, 0.1) is 54.1 Å². The number of nitrogens with one attached hydrogen (secondary N) is 2. The zero-order chi connectivity index (χ0) is 34.7. The number of aromatic nitrogens is 1. The average Bonchev–Trinajstić information content (AvgIpc) is 3.70. The van der Waals surface area contributed by atoms with Gasteiger partial charge in [0.15, 0.2) is 0 Å². The predicted molar refractivity (Wildman–Crippen MR) is 184 cm³/mol. The molecule has 1 aromatic heterocycles. The Bertz CT molecular complexity index is 2080. The van der Waals surface area contributed by atoms with E-state index in [0.717, 1.165) is 55.5 Å². The second-order valence-corrected chi connectivity index (χ2v) is 13.0. The van der Waals surface area contributed by atoms with Gasteiger partial charge in [-0.3, -0.25) is 14.6 Å². The molecule has 0 saturated heterocycles. The summed E-state index contributed by atoms with van der Waals surface area (Å²) in [6, 6.07) is -0.132. The van der Waals surface area contributed by atoms with Crippen molar-refractivity contribution in [1.29, 1.82) is 0 Å². The van der Waals surface area contributed by atoms with Crippen molar-refractivity contribution in [2.45, 2.75) is 53.5 Å². The predicted octanol–water partition coefficient (Wildman–Crippen LogP) is 3.95. The highest BCUT2D eigenvalue weighted by atomic mass is 16.5. The van der Waals surface area contributed by atoms with E-state index in [1.807, 2.05) is 52.0 Å². The van der Waals surface area contributed by atoms with Crippen molar-refractivity contribution in [2.75, 3.05) is 14.2 Å². The highest BCUT2D eigenvalue weighted by Crippen LogP contribution is 2.52. The molecule has 0 fully saturated rings. The van der Waals surface area contributed by atoms with Gasteiger partial charge in [0, 0.05) is 34.3 Å². The molecule has 5 aliphatic rings. The van der Waals surface area contributed by atoms with E-state index in [9.17, 15) is 19.5 Å². The molecule has 0 aromatic carbocycles. The Hall–Kier alpha value is -5.25.